The molecule has 1 rings (SSSR count). The number of halogens is 7. The van der Waals surface area contributed by atoms with E-state index in [1.54, 1.807) is 0 Å². The largest absolute Gasteiger partial charge is 0.451 e. The molecule has 0 aliphatic heterocycles. The van der Waals surface area contributed by atoms with Crippen LogP contribution >= 0.6 is 46.4 Å². The highest BCUT2D eigenvalue weighted by Crippen LogP contribution is 2.33. The second-order valence-electron chi connectivity index (χ2n) is 2.40. The molecule has 0 bridgehead atoms. The topological polar surface area (TPSA) is 35.0 Å². The van der Waals surface area contributed by atoms with Gasteiger partial charge in [0.1, 0.15) is 5.15 Å². The van der Waals surface area contributed by atoms with Crippen LogP contribution in [-0.2, 0) is 6.18 Å². The molecule has 0 unspecified atom stereocenters. The van der Waals surface area contributed by atoms with E-state index >= 15 is 0 Å². The molecule has 1 aromatic heterocycles. The predicted molar refractivity (Wildman–Crippen MR) is 53.0 cm³/mol. The predicted octanol–water partition coefficient (Wildman–Crippen LogP) is 3.86. The van der Waals surface area contributed by atoms with Gasteiger partial charge in [-0.2, -0.15) is 18.2 Å². The lowest BCUT2D eigenvalue weighted by Crippen LogP contribution is -2.17. The van der Waals surface area contributed by atoms with Gasteiger partial charge in [0.25, 0.3) is 0 Å². The lowest BCUT2D eigenvalue weighted by atomic mass is 10.5. The van der Waals surface area contributed by atoms with Gasteiger partial charge in [-0.25, -0.2) is 4.98 Å². The van der Waals surface area contributed by atoms with Gasteiger partial charge in [0.15, 0.2) is 0 Å². The van der Waals surface area contributed by atoms with Crippen LogP contribution in [0.25, 0.3) is 0 Å². The van der Waals surface area contributed by atoms with Gasteiger partial charge in [0.2, 0.25) is 11.7 Å². The van der Waals surface area contributed by atoms with Crippen molar-refractivity contribution < 1.29 is 17.9 Å². The summed E-state index contributed by atoms with van der Waals surface area (Å²) in [6, 6.07) is 0.888. The fraction of sp³-hybridized carbons (Fsp3) is 0.333. The highest BCUT2D eigenvalue weighted by molar-refractivity contribution is 6.66. The van der Waals surface area contributed by atoms with Gasteiger partial charge in [-0.15, -0.1) is 0 Å². The number of rotatable bonds is 1. The zero-order chi connectivity index (χ0) is 12.6. The summed E-state index contributed by atoms with van der Waals surface area (Å²) in [5.41, 5.74) is 0. The monoisotopic (exact) mass is 314 g/mol. The maximum Gasteiger partial charge on any atom is 0.451 e. The number of alkyl halides is 6. The molecule has 10 heteroatoms. The van der Waals surface area contributed by atoms with Crippen LogP contribution in [0.1, 0.15) is 5.82 Å². The Kier molecular flexibility index (Phi) is 3.99. The van der Waals surface area contributed by atoms with Crippen molar-refractivity contribution in [3.05, 3.63) is 17.0 Å². The first kappa shape index (κ1) is 13.9. The number of ether oxygens (including phenoxy) is 1. The van der Waals surface area contributed by atoms with Crippen molar-refractivity contribution in [3.63, 3.8) is 0 Å². The first-order valence-electron chi connectivity index (χ1n) is 3.45. The summed E-state index contributed by atoms with van der Waals surface area (Å²) in [6.07, 6.45) is -4.77. The molecule has 90 valence electrons. The number of hydrogen-bond acceptors (Lipinski definition) is 3. The standard InChI is InChI=1S/C6HCl4F3N2O/c7-2-1-3(16-6(8,9)10)15-4(14-2)5(11,12)13/h1H. The van der Waals surface area contributed by atoms with Gasteiger partial charge >= 0.3 is 10.2 Å². The van der Waals surface area contributed by atoms with Crippen molar-refractivity contribution in [2.45, 2.75) is 10.2 Å². The van der Waals surface area contributed by atoms with Gasteiger partial charge in [-0.05, 0) is 34.8 Å². The van der Waals surface area contributed by atoms with Crippen LogP contribution in [0.4, 0.5) is 13.2 Å². The number of nitrogens with zero attached hydrogens (tertiary/aromatic N) is 2. The van der Waals surface area contributed by atoms with Crippen molar-refractivity contribution in [2.24, 2.45) is 0 Å². The summed E-state index contributed by atoms with van der Waals surface area (Å²) >= 11 is 21.0. The van der Waals surface area contributed by atoms with E-state index in [0.717, 1.165) is 6.07 Å². The molecule has 1 aromatic rings. The van der Waals surface area contributed by atoms with E-state index in [9.17, 15) is 13.2 Å². The lowest BCUT2D eigenvalue weighted by molar-refractivity contribution is -0.145. The van der Waals surface area contributed by atoms with E-state index < -0.39 is 27.0 Å². The fourth-order valence-corrected chi connectivity index (χ4v) is 1.11. The molecule has 0 N–H and O–H groups in total. The Morgan fingerprint density at radius 1 is 1.12 bits per heavy atom. The molecule has 0 radical (unpaired) electrons. The lowest BCUT2D eigenvalue weighted by Gasteiger charge is -2.13. The Balaban J connectivity index is 3.09. The smallest absolute Gasteiger partial charge is 0.427 e. The van der Waals surface area contributed by atoms with Gasteiger partial charge in [-0.3, -0.25) is 0 Å². The van der Waals surface area contributed by atoms with Crippen molar-refractivity contribution in [1.82, 2.24) is 9.97 Å². The minimum Gasteiger partial charge on any atom is -0.427 e. The molecule has 0 aromatic carbocycles. The molecule has 0 aliphatic carbocycles. The Morgan fingerprint density at radius 2 is 1.69 bits per heavy atom. The number of aromatic nitrogens is 2. The van der Waals surface area contributed by atoms with Crippen LogP contribution in [-0.4, -0.2) is 13.9 Å². The van der Waals surface area contributed by atoms with Crippen molar-refractivity contribution >= 4 is 46.4 Å². The van der Waals surface area contributed by atoms with E-state index in [2.05, 4.69) is 14.7 Å². The van der Waals surface area contributed by atoms with Crippen molar-refractivity contribution in [2.75, 3.05) is 0 Å². The minimum absolute atomic E-state index is 0.480. The van der Waals surface area contributed by atoms with Gasteiger partial charge in [0, 0.05) is 6.07 Å². The Bertz CT molecular complexity index is 392. The molecule has 0 saturated carbocycles. The third kappa shape index (κ3) is 4.37. The molecule has 0 fully saturated rings. The molecular weight excluding hydrogens is 315 g/mol. The number of hydrogen-bond donors (Lipinski definition) is 0. The molecule has 0 atom stereocenters. The third-order valence-corrected chi connectivity index (χ3v) is 1.57. The van der Waals surface area contributed by atoms with E-state index in [1.165, 1.54) is 0 Å². The molecule has 16 heavy (non-hydrogen) atoms. The highest BCUT2D eigenvalue weighted by Gasteiger charge is 2.36. The average molecular weight is 316 g/mol. The molecule has 0 aliphatic rings. The SMILES string of the molecule is FC(F)(F)c1nc(Cl)cc(OC(Cl)(Cl)Cl)n1. The van der Waals surface area contributed by atoms with E-state index in [4.69, 9.17) is 46.4 Å². The van der Waals surface area contributed by atoms with Gasteiger partial charge < -0.3 is 4.74 Å². The van der Waals surface area contributed by atoms with E-state index in [1.807, 2.05) is 0 Å². The highest BCUT2D eigenvalue weighted by atomic mass is 35.6. The first-order chi connectivity index (χ1) is 7.08. The molecule has 0 spiro atoms. The zero-order valence-corrected chi connectivity index (χ0v) is 10.0. The van der Waals surface area contributed by atoms with E-state index in [-0.39, 0.29) is 0 Å². The average Bonchev–Trinajstić information content (AvgIpc) is 1.97. The summed E-state index contributed by atoms with van der Waals surface area (Å²) in [4.78, 5) is 5.95. The minimum atomic E-state index is -4.77. The van der Waals surface area contributed by atoms with Crippen LogP contribution < -0.4 is 4.74 Å². The fourth-order valence-electron chi connectivity index (χ4n) is 0.695. The quantitative estimate of drug-likeness (QED) is 0.583. The molecule has 3 nitrogen and oxygen atoms in total. The maximum atomic E-state index is 12.2. The maximum absolute atomic E-state index is 12.2. The summed E-state index contributed by atoms with van der Waals surface area (Å²) in [7, 11) is 0. The summed E-state index contributed by atoms with van der Waals surface area (Å²) in [5, 5.41) is -0.480. The summed E-state index contributed by atoms with van der Waals surface area (Å²) in [6.45, 7) is 0. The van der Waals surface area contributed by atoms with Crippen molar-refractivity contribution in [1.29, 1.82) is 0 Å². The second kappa shape index (κ2) is 4.60. The van der Waals surface area contributed by atoms with Crippen molar-refractivity contribution in [3.8, 4) is 5.88 Å². The van der Waals surface area contributed by atoms with Gasteiger partial charge in [-0.1, -0.05) is 11.6 Å². The molecule has 0 amide bonds. The summed E-state index contributed by atoms with van der Waals surface area (Å²) in [5.74, 6) is -2.07. The molecule has 0 saturated heterocycles. The Hall–Kier alpha value is -0.170. The Labute approximate surface area is 107 Å². The van der Waals surface area contributed by atoms with Crippen LogP contribution in [0.2, 0.25) is 5.15 Å². The van der Waals surface area contributed by atoms with Crippen LogP contribution in [0.15, 0.2) is 6.07 Å². The Morgan fingerprint density at radius 3 is 2.12 bits per heavy atom. The molecule has 1 heterocycles. The van der Waals surface area contributed by atoms with Crippen LogP contribution in [0.3, 0.4) is 0 Å². The molecular formula is C6HCl4F3N2O. The zero-order valence-electron chi connectivity index (χ0n) is 7.03. The van der Waals surface area contributed by atoms with Crippen LogP contribution in [0.5, 0.6) is 5.88 Å². The second-order valence-corrected chi connectivity index (χ2v) is 4.96. The van der Waals surface area contributed by atoms with E-state index in [0.29, 0.717) is 0 Å². The van der Waals surface area contributed by atoms with Crippen LogP contribution in [0, 0.1) is 0 Å². The normalized spacial score (nSPS) is 12.7. The summed E-state index contributed by atoms with van der Waals surface area (Å²) < 4.78 is 39.0. The first-order valence-corrected chi connectivity index (χ1v) is 4.96. The third-order valence-electron chi connectivity index (χ3n) is 1.15. The van der Waals surface area contributed by atoms with Gasteiger partial charge in [0.05, 0.1) is 0 Å².